The van der Waals surface area contributed by atoms with Crippen LogP contribution in [-0.2, 0) is 26.0 Å². The molecule has 13 heteroatoms. The van der Waals surface area contributed by atoms with Crippen LogP contribution in [0.1, 0.15) is 55.8 Å². The topological polar surface area (TPSA) is 168 Å². The summed E-state index contributed by atoms with van der Waals surface area (Å²) in [7, 11) is -4.07. The van der Waals surface area contributed by atoms with Gasteiger partial charge in [-0.3, -0.25) is 10.2 Å². The summed E-state index contributed by atoms with van der Waals surface area (Å²) in [5.41, 5.74) is 7.56. The molecule has 0 bridgehead atoms. The number of benzene rings is 3. The van der Waals surface area contributed by atoms with Gasteiger partial charge in [0.25, 0.3) is 0 Å². The van der Waals surface area contributed by atoms with Gasteiger partial charge in [0, 0.05) is 30.3 Å². The Morgan fingerprint density at radius 2 is 1.78 bits per heavy atom. The van der Waals surface area contributed by atoms with Crippen molar-refractivity contribution in [2.75, 3.05) is 18.4 Å². The Hall–Kier alpha value is -4.33. The van der Waals surface area contributed by atoms with E-state index in [1.54, 1.807) is 35.2 Å². The van der Waals surface area contributed by atoms with E-state index in [1.807, 2.05) is 51.1 Å². The van der Waals surface area contributed by atoms with Crippen LogP contribution in [0.15, 0.2) is 77.7 Å². The summed E-state index contributed by atoms with van der Waals surface area (Å²) in [5, 5.41) is 11.3. The summed E-state index contributed by atoms with van der Waals surface area (Å²) < 4.78 is 36.8. The summed E-state index contributed by atoms with van der Waals surface area (Å²) in [6, 6.07) is 20.2. The lowest BCUT2D eigenvalue weighted by atomic mass is 9.96. The van der Waals surface area contributed by atoms with Crippen LogP contribution >= 0.6 is 11.3 Å². The standard InChI is InChI=1S/C33H38N6O5S2/c1-33(2,3)44-32(41)39-16-14-22(15-17-39)30(40)36-24-10-7-11-25(20-24)46(42,43)38-27(19-21-8-6-9-23(18-21)29(34)35)31-37-26-12-4-5-13-28(26)45-31/h4-13,18,20,22,27,38H,14-17,19H2,1-3H3,(H3,34,35)(H,36,40). The number of carbonyl (C=O) groups excluding carboxylic acids is 2. The Bertz CT molecular complexity index is 1830. The molecular formula is C33H38N6O5S2. The van der Waals surface area contributed by atoms with Crippen molar-refractivity contribution in [3.8, 4) is 0 Å². The molecule has 5 rings (SSSR count). The van der Waals surface area contributed by atoms with Gasteiger partial charge in [-0.25, -0.2) is 22.9 Å². The first-order valence-corrected chi connectivity index (χ1v) is 17.3. The van der Waals surface area contributed by atoms with E-state index in [1.165, 1.54) is 23.5 Å². The van der Waals surface area contributed by atoms with Crippen molar-refractivity contribution >= 4 is 55.1 Å². The van der Waals surface area contributed by atoms with Crippen LogP contribution in [0, 0.1) is 11.3 Å². The van der Waals surface area contributed by atoms with Crippen molar-refractivity contribution in [1.29, 1.82) is 5.41 Å². The highest BCUT2D eigenvalue weighted by Gasteiger charge is 2.30. The van der Waals surface area contributed by atoms with Crippen LogP contribution in [0.3, 0.4) is 0 Å². The second-order valence-electron chi connectivity index (χ2n) is 12.3. The Kier molecular flexibility index (Phi) is 9.75. The summed E-state index contributed by atoms with van der Waals surface area (Å²) in [4.78, 5) is 31.8. The molecule has 1 saturated heterocycles. The summed E-state index contributed by atoms with van der Waals surface area (Å²) >= 11 is 1.41. The average Bonchev–Trinajstić information content (AvgIpc) is 3.45. The first kappa shape index (κ1) is 33.0. The maximum absolute atomic E-state index is 13.8. The number of thiazole rings is 1. The minimum absolute atomic E-state index is 0.00589. The quantitative estimate of drug-likeness (QED) is 0.137. The van der Waals surface area contributed by atoms with Crippen LogP contribution in [0.25, 0.3) is 10.2 Å². The molecule has 1 fully saturated rings. The largest absolute Gasteiger partial charge is 0.444 e. The van der Waals surface area contributed by atoms with Gasteiger partial charge in [0.2, 0.25) is 15.9 Å². The Morgan fingerprint density at radius 3 is 2.48 bits per heavy atom. The van der Waals surface area contributed by atoms with Gasteiger partial charge in [0.05, 0.1) is 21.2 Å². The van der Waals surface area contributed by atoms with E-state index in [-0.39, 0.29) is 29.0 Å². The molecule has 3 aromatic carbocycles. The first-order valence-electron chi connectivity index (χ1n) is 15.0. The second kappa shape index (κ2) is 13.6. The Labute approximate surface area is 272 Å². The average molecular weight is 663 g/mol. The van der Waals surface area contributed by atoms with Gasteiger partial charge in [0.15, 0.2) is 0 Å². The third kappa shape index (κ3) is 8.27. The number of amidine groups is 1. The number of para-hydroxylation sites is 1. The van der Waals surface area contributed by atoms with E-state index in [0.29, 0.717) is 42.2 Å². The number of carbonyl (C=O) groups is 2. The van der Waals surface area contributed by atoms with Crippen molar-refractivity contribution < 1.29 is 22.7 Å². The van der Waals surface area contributed by atoms with Crippen LogP contribution in [-0.4, -0.2) is 54.8 Å². The molecule has 1 unspecified atom stereocenters. The molecule has 11 nitrogen and oxygen atoms in total. The van der Waals surface area contributed by atoms with Crippen LogP contribution in [0.2, 0.25) is 0 Å². The van der Waals surface area contributed by atoms with E-state index >= 15 is 0 Å². The zero-order valence-corrected chi connectivity index (χ0v) is 27.6. The van der Waals surface area contributed by atoms with Gasteiger partial charge in [-0.2, -0.15) is 0 Å². The molecule has 1 atom stereocenters. The van der Waals surface area contributed by atoms with E-state index in [2.05, 4.69) is 10.0 Å². The lowest BCUT2D eigenvalue weighted by Gasteiger charge is -2.32. The number of amides is 2. The van der Waals surface area contributed by atoms with Crippen molar-refractivity contribution in [1.82, 2.24) is 14.6 Å². The van der Waals surface area contributed by atoms with E-state index in [9.17, 15) is 18.0 Å². The molecule has 0 radical (unpaired) electrons. The Morgan fingerprint density at radius 1 is 1.07 bits per heavy atom. The predicted octanol–water partition coefficient (Wildman–Crippen LogP) is 5.43. The predicted molar refractivity (Wildman–Crippen MR) is 179 cm³/mol. The molecular weight excluding hydrogens is 625 g/mol. The number of aromatic nitrogens is 1. The molecule has 0 saturated carbocycles. The van der Waals surface area contributed by atoms with Crippen molar-refractivity contribution in [2.24, 2.45) is 11.7 Å². The van der Waals surface area contributed by atoms with Gasteiger partial charge in [-0.15, -0.1) is 11.3 Å². The lowest BCUT2D eigenvalue weighted by Crippen LogP contribution is -2.43. The Balaban J connectivity index is 1.31. The van der Waals surface area contributed by atoms with E-state index in [4.69, 9.17) is 20.9 Å². The number of anilines is 1. The van der Waals surface area contributed by atoms with Gasteiger partial charge < -0.3 is 20.7 Å². The highest BCUT2D eigenvalue weighted by Crippen LogP contribution is 2.30. The number of nitrogens with one attached hydrogen (secondary N) is 3. The zero-order chi connectivity index (χ0) is 33.1. The van der Waals surface area contributed by atoms with Gasteiger partial charge in [-0.05, 0) is 82.0 Å². The van der Waals surface area contributed by atoms with E-state index in [0.717, 1.165) is 15.8 Å². The third-order valence-corrected chi connectivity index (χ3v) is 10.1. The normalized spacial score (nSPS) is 15.0. The highest BCUT2D eigenvalue weighted by molar-refractivity contribution is 7.89. The molecule has 1 aromatic heterocycles. The number of nitrogens with zero attached hydrogens (tertiary/aromatic N) is 2. The molecule has 46 heavy (non-hydrogen) atoms. The number of nitrogens with two attached hydrogens (primary N) is 1. The second-order valence-corrected chi connectivity index (χ2v) is 15.0. The molecule has 5 N–H and O–H groups in total. The zero-order valence-electron chi connectivity index (χ0n) is 25.9. The fourth-order valence-corrected chi connectivity index (χ4v) is 7.55. The monoisotopic (exact) mass is 662 g/mol. The molecule has 0 spiro atoms. The maximum atomic E-state index is 13.8. The van der Waals surface area contributed by atoms with Gasteiger partial charge in [-0.1, -0.05) is 36.4 Å². The van der Waals surface area contributed by atoms with Crippen LogP contribution < -0.4 is 15.8 Å². The molecule has 2 heterocycles. The minimum atomic E-state index is -4.07. The van der Waals surface area contributed by atoms with Gasteiger partial charge in [0.1, 0.15) is 16.4 Å². The highest BCUT2D eigenvalue weighted by atomic mass is 32.2. The number of hydrogen-bond donors (Lipinski definition) is 4. The molecule has 1 aliphatic rings. The van der Waals surface area contributed by atoms with Crippen molar-refractivity contribution in [3.63, 3.8) is 0 Å². The van der Waals surface area contributed by atoms with E-state index < -0.39 is 27.8 Å². The molecule has 2 amide bonds. The SMILES string of the molecule is CC(C)(C)OC(=O)N1CCC(C(=O)Nc2cccc(S(=O)(=O)NC(Cc3cccc(C(=N)N)c3)c3nc4ccccc4s3)c2)CC1. The number of likely N-dealkylation sites (tertiary alicyclic amines) is 1. The van der Waals surface area contributed by atoms with Gasteiger partial charge >= 0.3 is 6.09 Å². The number of piperidine rings is 1. The van der Waals surface area contributed by atoms with Crippen LogP contribution in [0.5, 0.6) is 0 Å². The van der Waals surface area contributed by atoms with Crippen molar-refractivity contribution in [2.45, 2.75) is 56.6 Å². The number of hydrogen-bond acceptors (Lipinski definition) is 8. The fraction of sp³-hybridized carbons (Fsp3) is 0.333. The molecule has 242 valence electrons. The minimum Gasteiger partial charge on any atom is -0.444 e. The molecule has 0 aliphatic carbocycles. The first-order chi connectivity index (χ1) is 21.8. The van der Waals surface area contributed by atoms with Crippen molar-refractivity contribution in [3.05, 3.63) is 88.9 Å². The number of nitrogen functional groups attached to an aromatic ring is 1. The summed E-state index contributed by atoms with van der Waals surface area (Å²) in [6.07, 6.45) is 0.824. The number of sulfonamides is 1. The molecule has 1 aliphatic heterocycles. The molecule has 4 aromatic rings. The summed E-state index contributed by atoms with van der Waals surface area (Å²) in [6.45, 7) is 6.22. The third-order valence-electron chi connectivity index (χ3n) is 7.51. The van der Waals surface area contributed by atoms with Crippen LogP contribution in [0.4, 0.5) is 10.5 Å². The smallest absolute Gasteiger partial charge is 0.410 e. The number of rotatable bonds is 9. The maximum Gasteiger partial charge on any atom is 0.410 e. The summed E-state index contributed by atoms with van der Waals surface area (Å²) in [5.74, 6) is -0.637. The number of fused-ring (bicyclic) bond motifs is 1. The number of ether oxygens (including phenoxy) is 1. The fourth-order valence-electron chi connectivity index (χ4n) is 5.21. The lowest BCUT2D eigenvalue weighted by molar-refractivity contribution is -0.121.